The van der Waals surface area contributed by atoms with Crippen LogP contribution in [0.2, 0.25) is 0 Å². The molecular formula is C16H20N2O2S. The number of pyridine rings is 1. The molecule has 112 valence electrons. The molecule has 21 heavy (non-hydrogen) atoms. The number of rotatable bonds is 3. The van der Waals surface area contributed by atoms with Crippen LogP contribution in [0, 0.1) is 12.8 Å². The Kier molecular flexibility index (Phi) is 3.71. The molecule has 3 rings (SSSR count). The molecule has 0 amide bonds. The minimum atomic E-state index is -2.83. The van der Waals surface area contributed by atoms with Gasteiger partial charge < -0.3 is 5.73 Å². The van der Waals surface area contributed by atoms with Gasteiger partial charge in [0.1, 0.15) is 0 Å². The van der Waals surface area contributed by atoms with E-state index in [1.54, 1.807) is 0 Å². The Hall–Kier alpha value is -1.46. The first-order valence-electron chi connectivity index (χ1n) is 7.26. The van der Waals surface area contributed by atoms with Crippen molar-refractivity contribution >= 4 is 20.7 Å². The van der Waals surface area contributed by atoms with Crippen LogP contribution in [0.1, 0.15) is 30.1 Å². The second-order valence-corrected chi connectivity index (χ2v) is 8.24. The smallest absolute Gasteiger partial charge is 0.150 e. The lowest BCUT2D eigenvalue weighted by molar-refractivity contribution is 0.481. The van der Waals surface area contributed by atoms with Gasteiger partial charge in [-0.05, 0) is 49.4 Å². The summed E-state index contributed by atoms with van der Waals surface area (Å²) in [6, 6.07) is 9.98. The van der Waals surface area contributed by atoms with Gasteiger partial charge in [0, 0.05) is 17.1 Å². The van der Waals surface area contributed by atoms with E-state index in [2.05, 4.69) is 11.1 Å². The summed E-state index contributed by atoms with van der Waals surface area (Å²) in [6.07, 6.45) is 1.47. The molecule has 5 heteroatoms. The number of hydrogen-bond donors (Lipinski definition) is 1. The van der Waals surface area contributed by atoms with E-state index >= 15 is 0 Å². The fourth-order valence-electron chi connectivity index (χ4n) is 3.03. The topological polar surface area (TPSA) is 73.1 Å². The van der Waals surface area contributed by atoms with Crippen LogP contribution in [0.4, 0.5) is 0 Å². The Bertz CT molecular complexity index is 771. The van der Waals surface area contributed by atoms with Crippen LogP contribution < -0.4 is 5.73 Å². The number of aryl methyl sites for hydroxylation is 1. The van der Waals surface area contributed by atoms with E-state index in [4.69, 9.17) is 5.73 Å². The molecule has 0 spiro atoms. The van der Waals surface area contributed by atoms with Crippen LogP contribution in [0.25, 0.3) is 10.9 Å². The Morgan fingerprint density at radius 1 is 1.33 bits per heavy atom. The lowest BCUT2D eigenvalue weighted by atomic mass is 9.94. The van der Waals surface area contributed by atoms with E-state index in [1.165, 1.54) is 0 Å². The molecule has 4 nitrogen and oxygen atoms in total. The van der Waals surface area contributed by atoms with E-state index in [-0.39, 0.29) is 17.7 Å². The fraction of sp³-hybridized carbons (Fsp3) is 0.438. The molecular weight excluding hydrogens is 284 g/mol. The van der Waals surface area contributed by atoms with Crippen LogP contribution in [0.3, 0.4) is 0 Å². The van der Waals surface area contributed by atoms with Crippen LogP contribution in [-0.2, 0) is 9.84 Å². The first kappa shape index (κ1) is 14.5. The molecule has 2 aromatic rings. The first-order chi connectivity index (χ1) is 9.93. The van der Waals surface area contributed by atoms with Gasteiger partial charge in [0.05, 0.1) is 17.0 Å². The van der Waals surface area contributed by atoms with E-state index < -0.39 is 9.84 Å². The summed E-state index contributed by atoms with van der Waals surface area (Å²) in [7, 11) is -2.83. The highest BCUT2D eigenvalue weighted by atomic mass is 32.2. The molecule has 2 N–H and O–H groups in total. The molecule has 1 aliphatic heterocycles. The molecule has 2 unspecified atom stereocenters. The van der Waals surface area contributed by atoms with Crippen molar-refractivity contribution in [1.29, 1.82) is 0 Å². The van der Waals surface area contributed by atoms with Crippen molar-refractivity contribution < 1.29 is 8.42 Å². The fourth-order valence-corrected chi connectivity index (χ4v) is 4.91. The zero-order valence-electron chi connectivity index (χ0n) is 12.1. The highest BCUT2D eigenvalue weighted by Crippen LogP contribution is 2.28. The number of nitrogens with zero attached hydrogens (tertiary/aromatic N) is 1. The maximum absolute atomic E-state index is 11.5. The zero-order valence-corrected chi connectivity index (χ0v) is 12.9. The lowest BCUT2D eigenvalue weighted by Crippen LogP contribution is -2.16. The number of nitrogens with two attached hydrogens (primary N) is 1. The summed E-state index contributed by atoms with van der Waals surface area (Å²) in [4.78, 5) is 4.48. The minimum absolute atomic E-state index is 0.117. The van der Waals surface area contributed by atoms with Crippen LogP contribution in [0.5, 0.6) is 0 Å². The van der Waals surface area contributed by atoms with Gasteiger partial charge in [-0.3, -0.25) is 4.98 Å². The van der Waals surface area contributed by atoms with Crippen molar-refractivity contribution in [3.8, 4) is 0 Å². The first-order valence-corrected chi connectivity index (χ1v) is 9.08. The quantitative estimate of drug-likeness (QED) is 0.945. The van der Waals surface area contributed by atoms with Gasteiger partial charge in [-0.25, -0.2) is 8.42 Å². The molecule has 1 aliphatic rings. The van der Waals surface area contributed by atoms with Crippen molar-refractivity contribution in [2.45, 2.75) is 25.8 Å². The summed E-state index contributed by atoms with van der Waals surface area (Å²) in [6.45, 7) is 1.97. The lowest BCUT2D eigenvalue weighted by Gasteiger charge is -2.16. The van der Waals surface area contributed by atoms with Crippen LogP contribution >= 0.6 is 0 Å². The summed E-state index contributed by atoms with van der Waals surface area (Å²) < 4.78 is 23.0. The Morgan fingerprint density at radius 2 is 2.14 bits per heavy atom. The van der Waals surface area contributed by atoms with Gasteiger partial charge in [0.25, 0.3) is 0 Å². The predicted octanol–water partition coefficient (Wildman–Crippen LogP) is 2.37. The summed E-state index contributed by atoms with van der Waals surface area (Å²) in [5, 5.41) is 1.08. The van der Waals surface area contributed by atoms with Gasteiger partial charge >= 0.3 is 0 Å². The van der Waals surface area contributed by atoms with Gasteiger partial charge in [-0.2, -0.15) is 0 Å². The molecule has 1 saturated heterocycles. The molecule has 1 aromatic heterocycles. The number of fused-ring (bicyclic) bond motifs is 1. The monoisotopic (exact) mass is 304 g/mol. The average Bonchev–Trinajstić information content (AvgIpc) is 2.77. The summed E-state index contributed by atoms with van der Waals surface area (Å²) in [5.41, 5.74) is 9.29. The van der Waals surface area contributed by atoms with Crippen molar-refractivity contribution in [1.82, 2.24) is 4.98 Å². The Morgan fingerprint density at radius 3 is 2.86 bits per heavy atom. The molecule has 2 atom stereocenters. The van der Waals surface area contributed by atoms with Crippen molar-refractivity contribution in [2.75, 3.05) is 11.5 Å². The highest BCUT2D eigenvalue weighted by molar-refractivity contribution is 7.91. The highest BCUT2D eigenvalue weighted by Gasteiger charge is 2.29. The molecule has 2 heterocycles. The molecule has 0 radical (unpaired) electrons. The molecule has 0 saturated carbocycles. The average molecular weight is 304 g/mol. The molecule has 0 bridgehead atoms. The number of hydrogen-bond acceptors (Lipinski definition) is 4. The van der Waals surface area contributed by atoms with Crippen molar-refractivity contribution in [3.05, 3.63) is 41.6 Å². The maximum atomic E-state index is 11.5. The Balaban J connectivity index is 1.78. The van der Waals surface area contributed by atoms with Gasteiger partial charge in [-0.15, -0.1) is 0 Å². The standard InChI is InChI=1S/C16H20N2O2S/c1-11-2-3-14-9-13(4-5-16(14)18-11)15(17)8-12-6-7-21(19,20)10-12/h2-5,9,12,15H,6-8,10,17H2,1H3. The van der Waals surface area contributed by atoms with E-state index in [1.807, 2.05) is 31.2 Å². The third-order valence-corrected chi connectivity index (χ3v) is 6.03. The SMILES string of the molecule is Cc1ccc2cc(C(N)CC3CCS(=O)(=O)C3)ccc2n1. The van der Waals surface area contributed by atoms with Crippen molar-refractivity contribution in [3.63, 3.8) is 0 Å². The number of benzene rings is 1. The minimum Gasteiger partial charge on any atom is -0.324 e. The third kappa shape index (κ3) is 3.24. The van der Waals surface area contributed by atoms with E-state index in [0.29, 0.717) is 5.75 Å². The third-order valence-electron chi connectivity index (χ3n) is 4.19. The maximum Gasteiger partial charge on any atom is 0.150 e. The van der Waals surface area contributed by atoms with Crippen molar-refractivity contribution in [2.24, 2.45) is 11.7 Å². The van der Waals surface area contributed by atoms with Crippen LogP contribution in [-0.4, -0.2) is 24.9 Å². The van der Waals surface area contributed by atoms with Gasteiger partial charge in [0.2, 0.25) is 0 Å². The van der Waals surface area contributed by atoms with Gasteiger partial charge in [-0.1, -0.05) is 12.1 Å². The largest absolute Gasteiger partial charge is 0.324 e. The van der Waals surface area contributed by atoms with Gasteiger partial charge in [0.15, 0.2) is 9.84 Å². The van der Waals surface area contributed by atoms with Crippen LogP contribution in [0.15, 0.2) is 30.3 Å². The molecule has 1 aromatic carbocycles. The Labute approximate surface area is 125 Å². The molecule has 0 aliphatic carbocycles. The van der Waals surface area contributed by atoms with E-state index in [9.17, 15) is 8.42 Å². The summed E-state index contributed by atoms with van der Waals surface area (Å²) in [5.74, 6) is 0.789. The molecule has 1 fully saturated rings. The second-order valence-electron chi connectivity index (χ2n) is 6.02. The second kappa shape index (κ2) is 5.39. The predicted molar refractivity (Wildman–Crippen MR) is 84.8 cm³/mol. The normalized spacial score (nSPS) is 22.5. The van der Waals surface area contributed by atoms with E-state index in [0.717, 1.165) is 35.0 Å². The summed E-state index contributed by atoms with van der Waals surface area (Å²) >= 11 is 0. The number of aromatic nitrogens is 1. The number of sulfone groups is 1. The zero-order chi connectivity index (χ0) is 15.0.